The van der Waals surface area contributed by atoms with Crippen molar-refractivity contribution in [2.75, 3.05) is 27.4 Å². The van der Waals surface area contributed by atoms with E-state index in [-0.39, 0.29) is 80.2 Å². The number of carbonyl (C=O) groups excluding carboxylic acids is 6. The van der Waals surface area contributed by atoms with E-state index in [0.29, 0.717) is 67.6 Å². The molecule has 17 heteroatoms. The molecule has 2 amide bonds. The standard InChI is InChI=1S/C55H86N2O15/c1-32(2)31-70-54(65)57(67)43-29-41-22-20-39(9)55(66,72-41)51(62)52(63)56-24-16-15-19-42(56)53(64)71-46(36(6)27-40-21-23-44(58)47(28-40)68-10)30-45(59)35(5)26-38(8)49(61)50(69-11)48(60)37(7)25-33(3)17-13-12-14-18-34(43)4/h12-14,17-18,26,32-33,35-37,39-44,46-47,49-50,58,61,66-67H,15-16,19-25,27-31H2,1-11H3/b14-12+,17-13+,34-18+,38-26+/t33-,35-,36-,37-,39-,40+,41+,42+,43?,44-,46+,47-,49-,50?,55-/m1/s1. The summed E-state index contributed by atoms with van der Waals surface area (Å²) >= 11 is 0. The van der Waals surface area contributed by atoms with Gasteiger partial charge in [0.15, 0.2) is 5.78 Å². The Kier molecular flexibility index (Phi) is 23.5. The summed E-state index contributed by atoms with van der Waals surface area (Å²) in [6, 6.07) is -2.27. The van der Waals surface area contributed by atoms with E-state index in [1.165, 1.54) is 7.11 Å². The first-order chi connectivity index (χ1) is 33.9. The number of hydroxylamine groups is 2. The maximum Gasteiger partial charge on any atom is 0.434 e. The summed E-state index contributed by atoms with van der Waals surface area (Å²) in [4.78, 5) is 85.6. The van der Waals surface area contributed by atoms with Crippen LogP contribution in [0.25, 0.3) is 0 Å². The number of aliphatic hydroxyl groups excluding tert-OH is 2. The Morgan fingerprint density at radius 3 is 2.26 bits per heavy atom. The number of amides is 2. The number of ketones is 3. The van der Waals surface area contributed by atoms with Crippen molar-refractivity contribution in [2.45, 2.75) is 194 Å². The fourth-order valence-corrected chi connectivity index (χ4v) is 10.6. The first kappa shape index (κ1) is 60.5. The van der Waals surface area contributed by atoms with E-state index < -0.39 is 89.9 Å². The van der Waals surface area contributed by atoms with Crippen LogP contribution in [-0.4, -0.2) is 148 Å². The number of carbonyl (C=O) groups is 6. The average molecular weight is 1020 g/mol. The predicted octanol–water partition coefficient (Wildman–Crippen LogP) is 7.02. The SMILES string of the molecule is COC1C(=O)[C@H](C)C[C@H](C)/C=C/C=C/C=C(\C)C(N(O)C(=O)OCC(C)C)C[C@@H]2CC[C@@H](C)[C@@](O)(O2)C(=O)C(=O)N2CCCC[C@H]2C(=O)O[C@H]([C@H](C)C[C@@H]2CC[C@@H](O)[C@H](OC)C2)CC(=O)[C@H](C)/C=C(\C)[C@H]1O. The third kappa shape index (κ3) is 16.2. The maximum absolute atomic E-state index is 14.5. The number of Topliss-reactive ketones (excluding diaryl/α,β-unsaturated/α-hetero) is 3. The van der Waals surface area contributed by atoms with Crippen LogP contribution in [0, 0.1) is 41.4 Å². The quantitative estimate of drug-likeness (QED) is 0.0629. The number of hydrogen-bond acceptors (Lipinski definition) is 15. The van der Waals surface area contributed by atoms with Gasteiger partial charge in [-0.15, -0.1) is 0 Å². The second kappa shape index (κ2) is 28.0. The second-order valence-corrected chi connectivity index (χ2v) is 21.7. The molecule has 4 N–H and O–H groups in total. The number of piperidine rings is 1. The molecule has 406 valence electrons. The number of methoxy groups -OCH3 is 2. The number of allylic oxidation sites excluding steroid dienone is 6. The van der Waals surface area contributed by atoms with E-state index in [2.05, 4.69) is 0 Å². The predicted molar refractivity (Wildman–Crippen MR) is 268 cm³/mol. The van der Waals surface area contributed by atoms with Crippen molar-refractivity contribution >= 4 is 35.3 Å². The molecule has 3 aliphatic heterocycles. The van der Waals surface area contributed by atoms with Crippen molar-refractivity contribution in [1.82, 2.24) is 9.96 Å². The molecule has 2 bridgehead atoms. The summed E-state index contributed by atoms with van der Waals surface area (Å²) in [6.07, 6.45) is 8.16. The average Bonchev–Trinajstić information content (AvgIpc) is 3.34. The van der Waals surface area contributed by atoms with Gasteiger partial charge in [-0.1, -0.05) is 84.9 Å². The number of ether oxygens (including phenoxy) is 5. The fraction of sp³-hybridized carbons (Fsp3) is 0.745. The first-order valence-electron chi connectivity index (χ1n) is 26.2. The Balaban J connectivity index is 1.75. The highest BCUT2D eigenvalue weighted by molar-refractivity contribution is 6.39. The number of esters is 1. The van der Waals surface area contributed by atoms with Gasteiger partial charge in [0.1, 0.15) is 30.1 Å². The number of aliphatic hydroxyl groups is 3. The van der Waals surface area contributed by atoms with Gasteiger partial charge in [0.05, 0.1) is 31.0 Å². The molecule has 17 nitrogen and oxygen atoms in total. The number of rotatable bonds is 8. The van der Waals surface area contributed by atoms with Crippen molar-refractivity contribution in [1.29, 1.82) is 0 Å². The summed E-state index contributed by atoms with van der Waals surface area (Å²) < 4.78 is 28.9. The zero-order valence-corrected chi connectivity index (χ0v) is 44.7. The molecule has 4 rings (SSSR count). The van der Waals surface area contributed by atoms with E-state index in [9.17, 15) is 49.3 Å². The molecular weight excluding hydrogens is 929 g/mol. The highest BCUT2D eigenvalue weighted by atomic mass is 16.6. The molecule has 0 aromatic rings. The summed E-state index contributed by atoms with van der Waals surface area (Å²) in [6.45, 7) is 16.0. The van der Waals surface area contributed by atoms with E-state index in [0.717, 1.165) is 4.90 Å². The lowest BCUT2D eigenvalue weighted by Crippen LogP contribution is -2.61. The molecule has 0 spiro atoms. The van der Waals surface area contributed by atoms with Crippen molar-refractivity contribution in [2.24, 2.45) is 41.4 Å². The summed E-state index contributed by atoms with van der Waals surface area (Å²) in [5, 5.41) is 45.9. The topological polar surface area (TPSA) is 236 Å². The first-order valence-corrected chi connectivity index (χ1v) is 26.2. The highest BCUT2D eigenvalue weighted by Gasteiger charge is 2.53. The van der Waals surface area contributed by atoms with Gasteiger partial charge in [-0.2, -0.15) is 5.06 Å². The molecule has 3 heterocycles. The molecule has 0 aromatic heterocycles. The molecule has 3 fully saturated rings. The van der Waals surface area contributed by atoms with Gasteiger partial charge in [-0.3, -0.25) is 24.4 Å². The molecule has 72 heavy (non-hydrogen) atoms. The van der Waals surface area contributed by atoms with E-state index in [4.69, 9.17) is 23.7 Å². The van der Waals surface area contributed by atoms with Crippen LogP contribution in [0.5, 0.6) is 0 Å². The Labute approximate surface area is 427 Å². The lowest BCUT2D eigenvalue weighted by molar-refractivity contribution is -0.266. The second-order valence-electron chi connectivity index (χ2n) is 21.7. The van der Waals surface area contributed by atoms with Gasteiger partial charge in [0.2, 0.25) is 5.79 Å². The zero-order valence-electron chi connectivity index (χ0n) is 44.7. The Hall–Kier alpha value is -4.10. The summed E-state index contributed by atoms with van der Waals surface area (Å²) in [7, 11) is 2.90. The number of fused-ring (bicyclic) bond motifs is 3. The monoisotopic (exact) mass is 1010 g/mol. The molecule has 1 aliphatic carbocycles. The minimum absolute atomic E-state index is 0.0129. The number of cyclic esters (lactones) is 1. The van der Waals surface area contributed by atoms with E-state index >= 15 is 0 Å². The Morgan fingerprint density at radius 1 is 0.889 bits per heavy atom. The maximum atomic E-state index is 14.5. The molecule has 15 atom stereocenters. The smallest absolute Gasteiger partial charge is 0.434 e. The Bertz CT molecular complexity index is 1980. The Morgan fingerprint density at radius 2 is 1.60 bits per heavy atom. The number of hydrogen-bond donors (Lipinski definition) is 4. The minimum atomic E-state index is -2.62. The van der Waals surface area contributed by atoms with Crippen LogP contribution in [0.2, 0.25) is 0 Å². The summed E-state index contributed by atoms with van der Waals surface area (Å²) in [5.41, 5.74) is 0.863. The third-order valence-corrected chi connectivity index (χ3v) is 15.2. The van der Waals surface area contributed by atoms with Gasteiger partial charge in [0, 0.05) is 51.4 Å². The number of nitrogens with zero attached hydrogens (tertiary/aromatic N) is 2. The highest BCUT2D eigenvalue weighted by Crippen LogP contribution is 2.38. The van der Waals surface area contributed by atoms with Gasteiger partial charge >= 0.3 is 12.1 Å². The molecule has 2 unspecified atom stereocenters. The van der Waals surface area contributed by atoms with Crippen molar-refractivity contribution in [3.05, 3.63) is 47.6 Å². The van der Waals surface area contributed by atoms with Crippen LogP contribution in [0.1, 0.15) is 139 Å². The van der Waals surface area contributed by atoms with Crippen LogP contribution in [0.3, 0.4) is 0 Å². The van der Waals surface area contributed by atoms with Crippen LogP contribution >= 0.6 is 0 Å². The van der Waals surface area contributed by atoms with Gasteiger partial charge in [-0.25, -0.2) is 9.59 Å². The van der Waals surface area contributed by atoms with E-state index in [1.807, 2.05) is 39.8 Å². The fourth-order valence-electron chi connectivity index (χ4n) is 10.6. The van der Waals surface area contributed by atoms with Crippen molar-refractivity contribution in [3.63, 3.8) is 0 Å². The van der Waals surface area contributed by atoms with Gasteiger partial charge in [-0.05, 0) is 113 Å². The molecule has 1 saturated carbocycles. The molecular formula is C55H86N2O15. The van der Waals surface area contributed by atoms with Crippen LogP contribution in [0.4, 0.5) is 4.79 Å². The van der Waals surface area contributed by atoms with Gasteiger partial charge < -0.3 is 43.9 Å². The van der Waals surface area contributed by atoms with Crippen molar-refractivity contribution in [3.8, 4) is 0 Å². The zero-order chi connectivity index (χ0) is 53.6. The van der Waals surface area contributed by atoms with Crippen LogP contribution < -0.4 is 0 Å². The van der Waals surface area contributed by atoms with Crippen LogP contribution in [-0.2, 0) is 47.7 Å². The van der Waals surface area contributed by atoms with Gasteiger partial charge in [0.25, 0.3) is 11.7 Å². The normalized spacial score (nSPS) is 37.6. The van der Waals surface area contributed by atoms with Crippen molar-refractivity contribution < 1.29 is 73.0 Å². The molecule has 0 aromatic carbocycles. The third-order valence-electron chi connectivity index (χ3n) is 15.2. The lowest BCUT2D eigenvalue weighted by atomic mass is 9.78. The lowest BCUT2D eigenvalue weighted by Gasteiger charge is -2.43. The summed E-state index contributed by atoms with van der Waals surface area (Å²) in [5.74, 6) is -8.96. The molecule has 2 saturated heterocycles. The van der Waals surface area contributed by atoms with Crippen LogP contribution in [0.15, 0.2) is 47.6 Å². The van der Waals surface area contributed by atoms with E-state index in [1.54, 1.807) is 66.0 Å². The molecule has 4 aliphatic rings. The largest absolute Gasteiger partial charge is 0.460 e. The molecule has 0 radical (unpaired) electrons. The minimum Gasteiger partial charge on any atom is -0.460 e.